The van der Waals surface area contributed by atoms with Gasteiger partial charge in [-0.25, -0.2) is 4.68 Å². The maximum absolute atomic E-state index is 13.4. The highest BCUT2D eigenvalue weighted by molar-refractivity contribution is 7.90. The largest absolute Gasteiger partial charge is 0.336 e. The Labute approximate surface area is 239 Å². The molecule has 218 valence electrons. The van der Waals surface area contributed by atoms with Gasteiger partial charge in [0.05, 0.1) is 28.2 Å². The van der Waals surface area contributed by atoms with Gasteiger partial charge in [-0.05, 0) is 30.3 Å². The van der Waals surface area contributed by atoms with Crippen molar-refractivity contribution in [2.24, 2.45) is 10.2 Å². The van der Waals surface area contributed by atoms with E-state index in [1.165, 1.54) is 6.07 Å². The Morgan fingerprint density at radius 2 is 1.71 bits per heavy atom. The molecule has 0 radical (unpaired) electrons. The Morgan fingerprint density at radius 3 is 2.33 bits per heavy atom. The molecule has 1 aliphatic rings. The lowest BCUT2D eigenvalue weighted by Crippen LogP contribution is -2.23. The molecule has 16 nitrogen and oxygen atoms in total. The predicted octanol–water partition coefficient (Wildman–Crippen LogP) is 3.44. The van der Waals surface area contributed by atoms with Crippen molar-refractivity contribution < 1.29 is 34.4 Å². The van der Waals surface area contributed by atoms with Crippen molar-refractivity contribution in [1.82, 2.24) is 19.0 Å². The van der Waals surface area contributed by atoms with Gasteiger partial charge in [-0.2, -0.15) is 40.7 Å². The quantitative estimate of drug-likeness (QED) is 0.186. The van der Waals surface area contributed by atoms with E-state index in [-0.39, 0.29) is 33.3 Å². The molecule has 0 saturated heterocycles. The van der Waals surface area contributed by atoms with Crippen LogP contribution in [-0.2, 0) is 35.7 Å². The van der Waals surface area contributed by atoms with Gasteiger partial charge in [-0.3, -0.25) is 9.11 Å². The summed E-state index contributed by atoms with van der Waals surface area (Å²) >= 11 is 0. The van der Waals surface area contributed by atoms with E-state index in [9.17, 15) is 39.6 Å². The third kappa shape index (κ3) is 4.84. The van der Waals surface area contributed by atoms with Gasteiger partial charge < -0.3 is 5.32 Å². The summed E-state index contributed by atoms with van der Waals surface area (Å²) in [6.45, 7) is 5.26. The zero-order chi connectivity index (χ0) is 30.8. The van der Waals surface area contributed by atoms with E-state index in [2.05, 4.69) is 25.7 Å². The summed E-state index contributed by atoms with van der Waals surface area (Å²) in [5, 5.41) is 29.2. The van der Waals surface area contributed by atoms with Crippen molar-refractivity contribution in [3.8, 4) is 11.8 Å². The van der Waals surface area contributed by atoms with E-state index in [0.717, 1.165) is 27.1 Å². The molecule has 2 aromatic carbocycles. The molecular weight excluding hydrogens is 613 g/mol. The smallest absolute Gasteiger partial charge is 0.296 e. The highest BCUT2D eigenvalue weighted by Gasteiger charge is 2.37. The molecule has 3 heterocycles. The number of nitrogens with one attached hydrogen (secondary N) is 1. The van der Waals surface area contributed by atoms with E-state index in [0.29, 0.717) is 6.07 Å². The predicted molar refractivity (Wildman–Crippen MR) is 145 cm³/mol. The normalized spacial score (nSPS) is 14.7. The average Bonchev–Trinajstić information content (AvgIpc) is 3.47. The van der Waals surface area contributed by atoms with Crippen LogP contribution in [0.25, 0.3) is 5.69 Å². The van der Waals surface area contributed by atoms with E-state index < -0.39 is 57.0 Å². The second-order valence-electron chi connectivity index (χ2n) is 9.95. The summed E-state index contributed by atoms with van der Waals surface area (Å²) < 4.78 is 95.3. The molecule has 4 aromatic rings. The molecule has 0 aliphatic carbocycles. The molecule has 0 bridgehead atoms. The van der Waals surface area contributed by atoms with Crippen LogP contribution < -0.4 is 5.32 Å². The first-order valence-corrected chi connectivity index (χ1v) is 16.0. The fraction of sp³-hybridized carbons (Fsp3) is 0.174. The first-order chi connectivity index (χ1) is 19.4. The molecule has 5 rings (SSSR count). The second-order valence-corrected chi connectivity index (χ2v) is 14.5. The number of para-hydroxylation sites is 1. The molecule has 0 spiro atoms. The Morgan fingerprint density at radius 1 is 1.02 bits per heavy atom. The van der Waals surface area contributed by atoms with Crippen LogP contribution in [0, 0.1) is 11.3 Å². The number of fused-ring (bicyclic) bond motifs is 2. The third-order valence-electron chi connectivity index (χ3n) is 6.03. The number of aromatic nitrogens is 4. The fourth-order valence-electron chi connectivity index (χ4n) is 4.12. The van der Waals surface area contributed by atoms with Gasteiger partial charge in [-0.15, -0.1) is 14.3 Å². The van der Waals surface area contributed by atoms with E-state index in [1.807, 2.05) is 0 Å². The number of benzene rings is 2. The van der Waals surface area contributed by atoms with Gasteiger partial charge >= 0.3 is 0 Å². The van der Waals surface area contributed by atoms with Crippen molar-refractivity contribution >= 4 is 53.3 Å². The van der Waals surface area contributed by atoms with Crippen molar-refractivity contribution in [1.29, 1.82) is 5.26 Å². The summed E-state index contributed by atoms with van der Waals surface area (Å²) in [6.07, 6.45) is 0.985. The molecule has 1 aliphatic heterocycles. The molecule has 19 heteroatoms. The van der Waals surface area contributed by atoms with Crippen LogP contribution in [0.3, 0.4) is 0 Å². The molecule has 0 unspecified atom stereocenters. The molecule has 0 fully saturated rings. The van der Waals surface area contributed by atoms with E-state index >= 15 is 0 Å². The topological polar surface area (TPSA) is 239 Å². The van der Waals surface area contributed by atoms with Crippen LogP contribution in [0.15, 0.2) is 73.6 Å². The molecule has 0 atom stereocenters. The Balaban J connectivity index is 1.76. The molecule has 0 saturated carbocycles. The molecule has 2 aromatic heterocycles. The lowest BCUT2D eigenvalue weighted by Gasteiger charge is -2.19. The number of nitrogens with zero attached hydrogens (tertiary/aromatic N) is 7. The van der Waals surface area contributed by atoms with Crippen molar-refractivity contribution in [3.05, 3.63) is 59.9 Å². The fourth-order valence-corrected chi connectivity index (χ4v) is 6.67. The Bertz CT molecular complexity index is 2190. The number of rotatable bonds is 5. The SMILES string of the molecule is CC(C)(C)c1nn2c(c1N=Nc1c(C#N)cnn1-c1cc(S(=O)(=O)O)ccc1S(=O)(=O)O)Nc1ccccc1S2(=O)=O. The summed E-state index contributed by atoms with van der Waals surface area (Å²) in [4.78, 5) is -1.58. The number of nitriles is 1. The van der Waals surface area contributed by atoms with Gasteiger partial charge in [0.1, 0.15) is 21.4 Å². The van der Waals surface area contributed by atoms with Crippen molar-refractivity contribution in [2.75, 3.05) is 5.32 Å². The van der Waals surface area contributed by atoms with Gasteiger partial charge in [-0.1, -0.05) is 32.9 Å². The summed E-state index contributed by atoms with van der Waals surface area (Å²) in [5.74, 6) is -0.465. The number of hydrogen-bond acceptors (Lipinski definition) is 12. The Hall–Kier alpha value is -4.48. The number of azo groups is 1. The zero-order valence-electron chi connectivity index (χ0n) is 21.8. The van der Waals surface area contributed by atoms with Crippen LogP contribution in [0.2, 0.25) is 0 Å². The minimum Gasteiger partial charge on any atom is -0.336 e. The first kappa shape index (κ1) is 29.0. The zero-order valence-corrected chi connectivity index (χ0v) is 24.3. The lowest BCUT2D eigenvalue weighted by atomic mass is 9.91. The molecule has 42 heavy (non-hydrogen) atoms. The average molecular weight is 633 g/mol. The first-order valence-electron chi connectivity index (χ1n) is 11.7. The molecular formula is C23H20N8O8S3. The van der Waals surface area contributed by atoms with Crippen LogP contribution in [-0.4, -0.2) is 53.3 Å². The van der Waals surface area contributed by atoms with Crippen LogP contribution in [0.1, 0.15) is 32.0 Å². The summed E-state index contributed by atoms with van der Waals surface area (Å²) in [7, 11) is -14.0. The van der Waals surface area contributed by atoms with Crippen LogP contribution in [0.4, 0.5) is 23.0 Å². The highest BCUT2D eigenvalue weighted by atomic mass is 32.2. The van der Waals surface area contributed by atoms with Crippen LogP contribution >= 0.6 is 0 Å². The van der Waals surface area contributed by atoms with E-state index in [4.69, 9.17) is 0 Å². The third-order valence-corrected chi connectivity index (χ3v) is 9.41. The Kier molecular flexibility index (Phi) is 6.59. The summed E-state index contributed by atoms with van der Waals surface area (Å²) in [5.41, 5.74) is -1.18. The highest BCUT2D eigenvalue weighted by Crippen LogP contribution is 2.44. The lowest BCUT2D eigenvalue weighted by molar-refractivity contribution is 0.477. The van der Waals surface area contributed by atoms with Gasteiger partial charge in [0.25, 0.3) is 30.3 Å². The van der Waals surface area contributed by atoms with Crippen molar-refractivity contribution in [3.63, 3.8) is 0 Å². The summed E-state index contributed by atoms with van der Waals surface area (Å²) in [6, 6.07) is 10.1. The minimum atomic E-state index is -4.98. The minimum absolute atomic E-state index is 0.0229. The second kappa shape index (κ2) is 9.53. The maximum atomic E-state index is 13.4. The molecule has 0 amide bonds. The van der Waals surface area contributed by atoms with E-state index in [1.54, 1.807) is 45.0 Å². The standard InChI is InChI=1S/C23H20N8O8S3/c1-23(2,3)20-19(22-26-15-6-4-5-7-17(15)40(32,33)31(22)29-20)27-28-21-13(11-24)12-25-30(21)16-10-14(41(34,35)36)8-9-18(16)42(37,38)39/h4-10,12,26H,1-3H3,(H,34,35,36)(H,37,38,39). The number of hydrogen-bond donors (Lipinski definition) is 3. The van der Waals surface area contributed by atoms with Gasteiger partial charge in [0, 0.05) is 5.41 Å². The molecule has 3 N–H and O–H groups in total. The van der Waals surface area contributed by atoms with Gasteiger partial charge in [0.2, 0.25) is 0 Å². The monoisotopic (exact) mass is 632 g/mol. The van der Waals surface area contributed by atoms with Crippen LogP contribution in [0.5, 0.6) is 0 Å². The maximum Gasteiger partial charge on any atom is 0.296 e. The van der Waals surface area contributed by atoms with Crippen molar-refractivity contribution in [2.45, 2.75) is 40.9 Å². The van der Waals surface area contributed by atoms with Gasteiger partial charge in [0.15, 0.2) is 17.3 Å². The number of anilines is 2.